The summed E-state index contributed by atoms with van der Waals surface area (Å²) in [5, 5.41) is 6.14. The Bertz CT molecular complexity index is 1050. The van der Waals surface area contributed by atoms with E-state index in [1.54, 1.807) is 0 Å². The van der Waals surface area contributed by atoms with Crippen LogP contribution in [0.2, 0.25) is 0 Å². The number of aromatic nitrogens is 1. The molecule has 2 heterocycles. The van der Waals surface area contributed by atoms with E-state index >= 15 is 0 Å². The van der Waals surface area contributed by atoms with Gasteiger partial charge in [0.05, 0.1) is 19.3 Å². The minimum absolute atomic E-state index is 0.0949. The van der Waals surface area contributed by atoms with Crippen LogP contribution in [0.15, 0.2) is 23.1 Å². The fourth-order valence-electron chi connectivity index (χ4n) is 3.81. The third-order valence-electron chi connectivity index (χ3n) is 5.35. The van der Waals surface area contributed by atoms with Crippen molar-refractivity contribution in [3.63, 3.8) is 0 Å². The van der Waals surface area contributed by atoms with Crippen LogP contribution in [-0.4, -0.2) is 43.4 Å². The second-order valence-corrected chi connectivity index (χ2v) is 10.3. The van der Waals surface area contributed by atoms with Crippen LogP contribution in [0.25, 0.3) is 0 Å². The fraction of sp³-hybridized carbons (Fsp3) is 0.474. The highest BCUT2D eigenvalue weighted by atomic mass is 32.2. The number of carbonyl (C=O) groups excluding carboxylic acids is 1. The average Bonchev–Trinajstić information content (AvgIpc) is 3.36. The minimum atomic E-state index is -3.95. The summed E-state index contributed by atoms with van der Waals surface area (Å²) in [5.41, 5.74) is 0.772. The van der Waals surface area contributed by atoms with Crippen LogP contribution in [0.4, 0.5) is 14.3 Å². The molecule has 1 aromatic carbocycles. The van der Waals surface area contributed by atoms with Gasteiger partial charge in [-0.1, -0.05) is 24.2 Å². The van der Waals surface area contributed by atoms with Crippen molar-refractivity contribution in [2.24, 2.45) is 0 Å². The molecular formula is C19H23FN4O4S2. The number of nitrogens with zero attached hydrogens (tertiary/aromatic N) is 2. The van der Waals surface area contributed by atoms with Gasteiger partial charge in [-0.3, -0.25) is 5.32 Å². The lowest BCUT2D eigenvalue weighted by Gasteiger charge is -2.26. The highest BCUT2D eigenvalue weighted by molar-refractivity contribution is 7.89. The lowest BCUT2D eigenvalue weighted by Crippen LogP contribution is -2.36. The van der Waals surface area contributed by atoms with Gasteiger partial charge in [-0.2, -0.15) is 4.31 Å². The lowest BCUT2D eigenvalue weighted by molar-refractivity contribution is 0.248. The van der Waals surface area contributed by atoms with Crippen LogP contribution in [-0.2, 0) is 23.0 Å². The number of amides is 2. The number of hydrogen-bond acceptors (Lipinski definition) is 6. The first-order chi connectivity index (χ1) is 14.4. The Morgan fingerprint density at radius 3 is 2.83 bits per heavy atom. The zero-order valence-corrected chi connectivity index (χ0v) is 18.1. The maximum absolute atomic E-state index is 13.7. The predicted octanol–water partition coefficient (Wildman–Crippen LogP) is 3.10. The highest BCUT2D eigenvalue weighted by Gasteiger charge is 2.33. The second kappa shape index (κ2) is 8.48. The first-order valence-corrected chi connectivity index (χ1v) is 12.0. The van der Waals surface area contributed by atoms with E-state index in [0.717, 1.165) is 48.4 Å². The molecule has 1 aromatic heterocycles. The Labute approximate surface area is 178 Å². The second-order valence-electron chi connectivity index (χ2n) is 7.35. The first kappa shape index (κ1) is 21.0. The minimum Gasteiger partial charge on any atom is -0.495 e. The van der Waals surface area contributed by atoms with Crippen LogP contribution in [0, 0.1) is 5.82 Å². The number of fused-ring (bicyclic) bond motifs is 1. The van der Waals surface area contributed by atoms with E-state index in [-0.39, 0.29) is 35.8 Å². The third-order valence-corrected chi connectivity index (χ3v) is 8.21. The van der Waals surface area contributed by atoms with Crippen molar-refractivity contribution in [1.82, 2.24) is 14.6 Å². The molecule has 1 aliphatic heterocycles. The van der Waals surface area contributed by atoms with Crippen molar-refractivity contribution in [1.29, 1.82) is 0 Å². The van der Waals surface area contributed by atoms with E-state index in [2.05, 4.69) is 15.6 Å². The van der Waals surface area contributed by atoms with E-state index in [9.17, 15) is 17.6 Å². The molecule has 8 nitrogen and oxygen atoms in total. The zero-order valence-electron chi connectivity index (χ0n) is 16.5. The molecule has 30 heavy (non-hydrogen) atoms. The van der Waals surface area contributed by atoms with E-state index in [4.69, 9.17) is 4.74 Å². The normalized spacial score (nSPS) is 17.5. The maximum Gasteiger partial charge on any atom is 0.321 e. The van der Waals surface area contributed by atoms with Crippen molar-refractivity contribution in [2.75, 3.05) is 19.0 Å². The smallest absolute Gasteiger partial charge is 0.321 e. The Balaban J connectivity index is 1.48. The van der Waals surface area contributed by atoms with Gasteiger partial charge >= 0.3 is 6.03 Å². The highest BCUT2D eigenvalue weighted by Crippen LogP contribution is 2.34. The van der Waals surface area contributed by atoms with Gasteiger partial charge in [0.15, 0.2) is 5.13 Å². The monoisotopic (exact) mass is 454 g/mol. The van der Waals surface area contributed by atoms with Gasteiger partial charge in [0.1, 0.15) is 16.5 Å². The summed E-state index contributed by atoms with van der Waals surface area (Å²) < 4.78 is 46.3. The van der Waals surface area contributed by atoms with Crippen molar-refractivity contribution in [3.05, 3.63) is 34.6 Å². The number of carbonyl (C=O) groups is 1. The largest absolute Gasteiger partial charge is 0.495 e. The number of ether oxygens (including phenoxy) is 1. The average molecular weight is 455 g/mol. The van der Waals surface area contributed by atoms with Crippen LogP contribution in [0.1, 0.15) is 36.3 Å². The molecule has 11 heteroatoms. The molecule has 2 aromatic rings. The number of halogens is 1. The summed E-state index contributed by atoms with van der Waals surface area (Å²) in [6.45, 7) is 0.327. The molecule has 1 saturated carbocycles. The molecule has 0 unspecified atom stereocenters. The summed E-state index contributed by atoms with van der Waals surface area (Å²) >= 11 is 1.26. The van der Waals surface area contributed by atoms with Crippen LogP contribution < -0.4 is 15.4 Å². The molecule has 0 bridgehead atoms. The first-order valence-electron chi connectivity index (χ1n) is 9.76. The number of hydrogen-bond donors (Lipinski definition) is 2. The van der Waals surface area contributed by atoms with E-state index < -0.39 is 15.8 Å². The summed E-state index contributed by atoms with van der Waals surface area (Å²) in [4.78, 5) is 17.2. The topological polar surface area (TPSA) is 101 Å². The lowest BCUT2D eigenvalue weighted by atomic mass is 10.2. The van der Waals surface area contributed by atoms with Crippen molar-refractivity contribution < 1.29 is 22.3 Å². The standard InChI is InChI=1S/C19H23FN4O4S2/c1-28-15-7-6-12(20)10-17(15)30(26,27)24-9-8-14-16(11-24)29-19(22-14)23-18(25)21-13-4-2-3-5-13/h6-7,10,13H,2-5,8-9,11H2,1H3,(H2,21,22,23,25). The molecule has 2 aliphatic rings. The fourth-order valence-corrected chi connectivity index (χ4v) is 6.49. The SMILES string of the molecule is COc1ccc(F)cc1S(=O)(=O)N1CCc2nc(NC(=O)NC3CCCC3)sc2C1. The molecule has 4 rings (SSSR count). The number of thiazole rings is 1. The molecule has 1 fully saturated rings. The summed E-state index contributed by atoms with van der Waals surface area (Å²) in [6, 6.07) is 3.33. The van der Waals surface area contributed by atoms with Crippen LogP contribution >= 0.6 is 11.3 Å². The van der Waals surface area contributed by atoms with Crippen molar-refractivity contribution >= 4 is 32.5 Å². The number of anilines is 1. The van der Waals surface area contributed by atoms with E-state index in [1.165, 1.54) is 28.8 Å². The van der Waals surface area contributed by atoms with Crippen LogP contribution in [0.5, 0.6) is 5.75 Å². The Kier molecular flexibility index (Phi) is 5.94. The van der Waals surface area contributed by atoms with Gasteiger partial charge in [-0.05, 0) is 31.0 Å². The van der Waals surface area contributed by atoms with Gasteiger partial charge in [0.2, 0.25) is 10.0 Å². The molecule has 1 aliphatic carbocycles. The third kappa shape index (κ3) is 4.28. The van der Waals surface area contributed by atoms with Gasteiger partial charge in [0, 0.05) is 23.9 Å². The maximum atomic E-state index is 13.7. The van der Waals surface area contributed by atoms with Crippen molar-refractivity contribution in [2.45, 2.75) is 49.6 Å². The molecule has 2 amide bonds. The Morgan fingerprint density at radius 2 is 2.10 bits per heavy atom. The Morgan fingerprint density at radius 1 is 1.33 bits per heavy atom. The predicted molar refractivity (Wildman–Crippen MR) is 111 cm³/mol. The number of urea groups is 1. The molecule has 2 N–H and O–H groups in total. The molecule has 0 radical (unpaired) electrons. The number of rotatable bonds is 5. The van der Waals surface area contributed by atoms with Crippen molar-refractivity contribution in [3.8, 4) is 5.75 Å². The summed E-state index contributed by atoms with van der Waals surface area (Å²) in [6.07, 6.45) is 4.62. The number of nitrogens with one attached hydrogen (secondary N) is 2. The summed E-state index contributed by atoms with van der Waals surface area (Å²) in [5.74, 6) is -0.554. The number of methoxy groups -OCH3 is 1. The summed E-state index contributed by atoms with van der Waals surface area (Å²) in [7, 11) is -2.61. The number of sulfonamides is 1. The molecule has 162 valence electrons. The van der Waals surface area contributed by atoms with Crippen LogP contribution in [0.3, 0.4) is 0 Å². The van der Waals surface area contributed by atoms with E-state index in [0.29, 0.717) is 11.6 Å². The number of benzene rings is 1. The zero-order chi connectivity index (χ0) is 21.3. The quantitative estimate of drug-likeness (QED) is 0.723. The molecule has 0 spiro atoms. The molecular weight excluding hydrogens is 431 g/mol. The van der Waals surface area contributed by atoms with E-state index in [1.807, 2.05) is 0 Å². The van der Waals surface area contributed by atoms with Gasteiger partial charge in [-0.25, -0.2) is 22.6 Å². The van der Waals surface area contributed by atoms with Gasteiger partial charge in [-0.15, -0.1) is 0 Å². The Hall–Kier alpha value is -2.24. The molecule has 0 atom stereocenters. The van der Waals surface area contributed by atoms with Gasteiger partial charge < -0.3 is 10.1 Å². The van der Waals surface area contributed by atoms with Gasteiger partial charge in [0.25, 0.3) is 0 Å². The molecule has 0 saturated heterocycles.